The highest BCUT2D eigenvalue weighted by atomic mass is 16.5. The fraction of sp³-hybridized carbons (Fsp3) is 0.727. The third-order valence-corrected chi connectivity index (χ3v) is 2.61. The average molecular weight is 210 g/mol. The SMILES string of the molecule is CC(C)CCNc1noc2c1CCOC2. The van der Waals surface area contributed by atoms with Crippen LogP contribution in [0.5, 0.6) is 0 Å². The number of nitrogens with zero attached hydrogens (tertiary/aromatic N) is 1. The molecule has 1 aromatic heterocycles. The monoisotopic (exact) mass is 210 g/mol. The van der Waals surface area contributed by atoms with Gasteiger partial charge in [-0.2, -0.15) is 0 Å². The van der Waals surface area contributed by atoms with Crippen LogP contribution in [0.3, 0.4) is 0 Å². The van der Waals surface area contributed by atoms with Crippen LogP contribution in [0.25, 0.3) is 0 Å². The van der Waals surface area contributed by atoms with E-state index in [1.807, 2.05) is 0 Å². The van der Waals surface area contributed by atoms with Crippen LogP contribution in [0.2, 0.25) is 0 Å². The Balaban J connectivity index is 1.94. The molecule has 0 saturated carbocycles. The zero-order valence-electron chi connectivity index (χ0n) is 9.38. The van der Waals surface area contributed by atoms with Gasteiger partial charge in [0.05, 0.1) is 6.61 Å². The Labute approximate surface area is 90.0 Å². The molecular weight excluding hydrogens is 192 g/mol. The van der Waals surface area contributed by atoms with Gasteiger partial charge in [0.1, 0.15) is 6.61 Å². The predicted molar refractivity (Wildman–Crippen MR) is 57.8 cm³/mol. The molecule has 0 unspecified atom stereocenters. The van der Waals surface area contributed by atoms with E-state index in [0.29, 0.717) is 12.5 Å². The number of fused-ring (bicyclic) bond motifs is 1. The topological polar surface area (TPSA) is 47.3 Å². The Morgan fingerprint density at radius 1 is 1.47 bits per heavy atom. The van der Waals surface area contributed by atoms with E-state index < -0.39 is 0 Å². The summed E-state index contributed by atoms with van der Waals surface area (Å²) < 4.78 is 10.5. The molecule has 15 heavy (non-hydrogen) atoms. The van der Waals surface area contributed by atoms with Gasteiger partial charge in [-0.25, -0.2) is 0 Å². The third-order valence-electron chi connectivity index (χ3n) is 2.61. The molecule has 84 valence electrons. The zero-order chi connectivity index (χ0) is 10.7. The van der Waals surface area contributed by atoms with Crippen molar-refractivity contribution in [3.63, 3.8) is 0 Å². The second-order valence-electron chi connectivity index (χ2n) is 4.34. The van der Waals surface area contributed by atoms with Crippen LogP contribution in [-0.4, -0.2) is 18.3 Å². The summed E-state index contributed by atoms with van der Waals surface area (Å²) in [5, 5.41) is 7.35. The number of anilines is 1. The van der Waals surface area contributed by atoms with Crippen LogP contribution in [0, 0.1) is 5.92 Å². The van der Waals surface area contributed by atoms with Crippen LogP contribution in [0.15, 0.2) is 4.52 Å². The summed E-state index contributed by atoms with van der Waals surface area (Å²) in [4.78, 5) is 0. The lowest BCUT2D eigenvalue weighted by atomic mass is 10.1. The number of nitrogens with one attached hydrogen (secondary N) is 1. The van der Waals surface area contributed by atoms with Gasteiger partial charge < -0.3 is 14.6 Å². The molecule has 0 bridgehead atoms. The maximum absolute atomic E-state index is 5.29. The van der Waals surface area contributed by atoms with Crippen molar-refractivity contribution in [1.82, 2.24) is 5.16 Å². The highest BCUT2D eigenvalue weighted by Gasteiger charge is 2.19. The van der Waals surface area contributed by atoms with Crippen LogP contribution >= 0.6 is 0 Å². The first kappa shape index (κ1) is 10.5. The van der Waals surface area contributed by atoms with E-state index >= 15 is 0 Å². The van der Waals surface area contributed by atoms with Crippen LogP contribution in [0.1, 0.15) is 31.6 Å². The van der Waals surface area contributed by atoms with E-state index in [1.54, 1.807) is 0 Å². The molecule has 0 saturated heterocycles. The first-order valence-corrected chi connectivity index (χ1v) is 5.56. The number of hydrogen-bond acceptors (Lipinski definition) is 4. The van der Waals surface area contributed by atoms with E-state index in [2.05, 4.69) is 24.3 Å². The van der Waals surface area contributed by atoms with Crippen molar-refractivity contribution in [3.05, 3.63) is 11.3 Å². The van der Waals surface area contributed by atoms with Gasteiger partial charge in [0.25, 0.3) is 0 Å². The van der Waals surface area contributed by atoms with Gasteiger partial charge in [0, 0.05) is 18.5 Å². The molecular formula is C11H18N2O2. The Kier molecular flexibility index (Phi) is 3.26. The number of hydrogen-bond donors (Lipinski definition) is 1. The van der Waals surface area contributed by atoms with Gasteiger partial charge in [0.15, 0.2) is 11.6 Å². The molecule has 4 nitrogen and oxygen atoms in total. The maximum atomic E-state index is 5.29. The van der Waals surface area contributed by atoms with E-state index in [9.17, 15) is 0 Å². The Bertz CT molecular complexity index is 320. The predicted octanol–water partition coefficient (Wildman–Crippen LogP) is 2.21. The van der Waals surface area contributed by atoms with Crippen molar-refractivity contribution in [2.24, 2.45) is 5.92 Å². The van der Waals surface area contributed by atoms with Crippen molar-refractivity contribution in [2.75, 3.05) is 18.5 Å². The molecule has 0 atom stereocenters. The quantitative estimate of drug-likeness (QED) is 0.827. The Morgan fingerprint density at radius 3 is 3.13 bits per heavy atom. The van der Waals surface area contributed by atoms with Crippen LogP contribution in [0.4, 0.5) is 5.82 Å². The highest BCUT2D eigenvalue weighted by Crippen LogP contribution is 2.24. The summed E-state index contributed by atoms with van der Waals surface area (Å²) in [5.74, 6) is 2.51. The molecule has 0 aliphatic carbocycles. The summed E-state index contributed by atoms with van der Waals surface area (Å²) in [5.41, 5.74) is 1.20. The van der Waals surface area contributed by atoms with Gasteiger partial charge in [0.2, 0.25) is 0 Å². The van der Waals surface area contributed by atoms with Crippen molar-refractivity contribution in [2.45, 2.75) is 33.3 Å². The molecule has 0 aromatic carbocycles. The molecule has 0 radical (unpaired) electrons. The van der Waals surface area contributed by atoms with Crippen LogP contribution < -0.4 is 5.32 Å². The molecule has 1 aliphatic heterocycles. The molecule has 0 amide bonds. The lowest BCUT2D eigenvalue weighted by Crippen LogP contribution is -2.11. The van der Waals surface area contributed by atoms with Gasteiger partial charge in [-0.05, 0) is 12.3 Å². The fourth-order valence-electron chi connectivity index (χ4n) is 1.67. The summed E-state index contributed by atoms with van der Waals surface area (Å²) in [7, 11) is 0. The molecule has 2 heterocycles. The lowest BCUT2D eigenvalue weighted by Gasteiger charge is -2.11. The molecule has 0 spiro atoms. The van der Waals surface area contributed by atoms with E-state index in [4.69, 9.17) is 9.26 Å². The van der Waals surface area contributed by atoms with Gasteiger partial charge in [-0.3, -0.25) is 0 Å². The minimum absolute atomic E-state index is 0.564. The third kappa shape index (κ3) is 2.50. The lowest BCUT2D eigenvalue weighted by molar-refractivity contribution is 0.0894. The normalized spacial score (nSPS) is 15.4. The Hall–Kier alpha value is -1.03. The largest absolute Gasteiger partial charge is 0.373 e. The fourth-order valence-corrected chi connectivity index (χ4v) is 1.67. The van der Waals surface area contributed by atoms with Gasteiger partial charge in [-0.1, -0.05) is 19.0 Å². The van der Waals surface area contributed by atoms with Crippen molar-refractivity contribution >= 4 is 5.82 Å². The molecule has 1 N–H and O–H groups in total. The van der Waals surface area contributed by atoms with Crippen molar-refractivity contribution < 1.29 is 9.26 Å². The molecule has 1 aliphatic rings. The first-order valence-electron chi connectivity index (χ1n) is 5.56. The van der Waals surface area contributed by atoms with Crippen molar-refractivity contribution in [1.29, 1.82) is 0 Å². The van der Waals surface area contributed by atoms with E-state index in [-0.39, 0.29) is 0 Å². The molecule has 2 rings (SSSR count). The highest BCUT2D eigenvalue weighted by molar-refractivity contribution is 5.45. The average Bonchev–Trinajstić information content (AvgIpc) is 2.62. The first-order chi connectivity index (χ1) is 7.27. The molecule has 4 heteroatoms. The Morgan fingerprint density at radius 2 is 2.33 bits per heavy atom. The summed E-state index contributed by atoms with van der Waals surface area (Å²) in [6.07, 6.45) is 2.06. The van der Waals surface area contributed by atoms with E-state index in [1.165, 1.54) is 5.56 Å². The second kappa shape index (κ2) is 4.66. The zero-order valence-corrected chi connectivity index (χ0v) is 9.38. The smallest absolute Gasteiger partial charge is 0.173 e. The second-order valence-corrected chi connectivity index (χ2v) is 4.34. The standard InChI is InChI=1S/C11H18N2O2/c1-8(2)3-5-12-11-9-4-6-14-7-10(9)15-13-11/h8H,3-7H2,1-2H3,(H,12,13). The van der Waals surface area contributed by atoms with Crippen LogP contribution in [-0.2, 0) is 17.8 Å². The summed E-state index contributed by atoms with van der Waals surface area (Å²) >= 11 is 0. The van der Waals surface area contributed by atoms with Crippen molar-refractivity contribution in [3.8, 4) is 0 Å². The van der Waals surface area contributed by atoms with Gasteiger partial charge in [-0.15, -0.1) is 0 Å². The summed E-state index contributed by atoms with van der Waals surface area (Å²) in [6.45, 7) is 6.72. The maximum Gasteiger partial charge on any atom is 0.173 e. The van der Waals surface area contributed by atoms with Gasteiger partial charge >= 0.3 is 0 Å². The molecule has 0 fully saturated rings. The minimum Gasteiger partial charge on any atom is -0.373 e. The number of ether oxygens (including phenoxy) is 1. The molecule has 1 aromatic rings. The summed E-state index contributed by atoms with van der Waals surface area (Å²) in [6, 6.07) is 0. The number of rotatable bonds is 4. The number of aromatic nitrogens is 1. The van der Waals surface area contributed by atoms with E-state index in [0.717, 1.165) is 37.6 Å². The minimum atomic E-state index is 0.564.